The third kappa shape index (κ3) is 43.2. The number of nitrogens with zero attached hydrogens (tertiary/aromatic N) is 1. The highest BCUT2D eigenvalue weighted by atomic mass is 16.5. The van der Waals surface area contributed by atoms with Crippen molar-refractivity contribution in [1.29, 1.82) is 0 Å². The lowest BCUT2D eigenvalue weighted by molar-refractivity contribution is 0.189. The standard InChI is InChI=1S/C44H89NO2.C2H4O/c1-5-8-11-14-17-26-33-42-47-43(4)34-27-20-18-24-31-38-45(40-41-46)39-32-25-19-23-30-37-44(35-28-21-15-12-9-6-2)36-29-22-16-13-10-7-3;1-2-3/h44,46H,4-42H2,1-3H3;2-3H,1H2. The van der Waals surface area contributed by atoms with Crippen molar-refractivity contribution in [3.8, 4) is 0 Å². The van der Waals surface area contributed by atoms with Crippen molar-refractivity contribution >= 4 is 0 Å². The zero-order valence-corrected chi connectivity index (χ0v) is 34.7. The van der Waals surface area contributed by atoms with E-state index in [1.165, 1.54) is 205 Å². The van der Waals surface area contributed by atoms with Crippen molar-refractivity contribution in [2.24, 2.45) is 5.92 Å². The van der Waals surface area contributed by atoms with Gasteiger partial charge in [0, 0.05) is 13.0 Å². The highest BCUT2D eigenvalue weighted by Crippen LogP contribution is 2.25. The highest BCUT2D eigenvalue weighted by Gasteiger charge is 2.09. The summed E-state index contributed by atoms with van der Waals surface area (Å²) in [7, 11) is 0. The van der Waals surface area contributed by atoms with E-state index in [1.807, 2.05) is 0 Å². The first-order chi connectivity index (χ1) is 24.6. The molecule has 0 saturated heterocycles. The number of allylic oxidation sites excluding steroid dienone is 1. The molecule has 50 heavy (non-hydrogen) atoms. The molecule has 0 aliphatic heterocycles. The Bertz CT molecular complexity index is 623. The van der Waals surface area contributed by atoms with Crippen LogP contribution in [-0.4, -0.2) is 48.0 Å². The maximum absolute atomic E-state index is 9.59. The summed E-state index contributed by atoms with van der Waals surface area (Å²) in [4.78, 5) is 2.51. The van der Waals surface area contributed by atoms with Crippen LogP contribution < -0.4 is 0 Å². The van der Waals surface area contributed by atoms with Crippen LogP contribution in [0.5, 0.6) is 0 Å². The third-order valence-corrected chi connectivity index (χ3v) is 10.4. The molecule has 0 spiro atoms. The summed E-state index contributed by atoms with van der Waals surface area (Å²) in [6, 6.07) is 0. The molecule has 0 aromatic carbocycles. The molecule has 0 aromatic heterocycles. The van der Waals surface area contributed by atoms with Gasteiger partial charge in [0.25, 0.3) is 0 Å². The quantitative estimate of drug-likeness (QED) is 0.0491. The molecule has 0 heterocycles. The second-order valence-corrected chi connectivity index (χ2v) is 15.3. The number of hydrogen-bond acceptors (Lipinski definition) is 4. The summed E-state index contributed by atoms with van der Waals surface area (Å²) in [5.74, 6) is 1.98. The van der Waals surface area contributed by atoms with Crippen molar-refractivity contribution in [2.75, 3.05) is 32.8 Å². The van der Waals surface area contributed by atoms with Crippen LogP contribution in [0.3, 0.4) is 0 Å². The van der Waals surface area contributed by atoms with E-state index in [0.29, 0.717) is 6.61 Å². The molecule has 0 atom stereocenters. The zero-order chi connectivity index (χ0) is 37.0. The molecule has 0 saturated carbocycles. The highest BCUT2D eigenvalue weighted by molar-refractivity contribution is 4.81. The predicted octanol–water partition coefficient (Wildman–Crippen LogP) is 15.0. The van der Waals surface area contributed by atoms with Crippen LogP contribution in [0.4, 0.5) is 0 Å². The fourth-order valence-electron chi connectivity index (χ4n) is 7.17. The van der Waals surface area contributed by atoms with Crippen LogP contribution in [0.1, 0.15) is 233 Å². The van der Waals surface area contributed by atoms with Gasteiger partial charge in [-0.15, -0.1) is 0 Å². The summed E-state index contributed by atoms with van der Waals surface area (Å²) < 4.78 is 5.87. The Kier molecular flexibility index (Phi) is 47.0. The topological polar surface area (TPSA) is 52.9 Å². The molecule has 300 valence electrons. The molecule has 0 unspecified atom stereocenters. The van der Waals surface area contributed by atoms with Gasteiger partial charge in [-0.1, -0.05) is 214 Å². The van der Waals surface area contributed by atoms with E-state index in [4.69, 9.17) is 9.84 Å². The van der Waals surface area contributed by atoms with Gasteiger partial charge in [-0.05, 0) is 44.7 Å². The van der Waals surface area contributed by atoms with Gasteiger partial charge >= 0.3 is 0 Å². The Labute approximate surface area is 315 Å². The normalized spacial score (nSPS) is 11.2. The summed E-state index contributed by atoms with van der Waals surface area (Å²) in [6.45, 7) is 18.3. The second kappa shape index (κ2) is 46.0. The van der Waals surface area contributed by atoms with Crippen molar-refractivity contribution in [3.05, 3.63) is 25.2 Å². The Morgan fingerprint density at radius 3 is 1.26 bits per heavy atom. The SMILES string of the molecule is C=C(CCCCCCCN(CCO)CCCCCCCC(CCCCCCCC)CCCCCCCC)OCCCCCCCCC.C=CO. The first-order valence-corrected chi connectivity index (χ1v) is 22.5. The molecule has 0 aliphatic rings. The number of ether oxygens (including phenoxy) is 1. The largest absolute Gasteiger partial charge is 0.516 e. The van der Waals surface area contributed by atoms with E-state index in [0.717, 1.165) is 50.6 Å². The molecule has 0 rings (SSSR count). The van der Waals surface area contributed by atoms with E-state index >= 15 is 0 Å². The zero-order valence-electron chi connectivity index (χ0n) is 34.7. The van der Waals surface area contributed by atoms with Crippen molar-refractivity contribution in [2.45, 2.75) is 233 Å². The van der Waals surface area contributed by atoms with Crippen LogP contribution in [0.2, 0.25) is 0 Å². The van der Waals surface area contributed by atoms with Crippen LogP contribution in [-0.2, 0) is 4.74 Å². The first-order valence-electron chi connectivity index (χ1n) is 22.5. The van der Waals surface area contributed by atoms with E-state index in [1.54, 1.807) is 0 Å². The fraction of sp³-hybridized carbons (Fsp3) is 0.913. The predicted molar refractivity (Wildman–Crippen MR) is 224 cm³/mol. The summed E-state index contributed by atoms with van der Waals surface area (Å²) >= 11 is 0. The van der Waals surface area contributed by atoms with Gasteiger partial charge in [-0.2, -0.15) is 0 Å². The lowest BCUT2D eigenvalue weighted by atomic mass is 9.89. The maximum atomic E-state index is 9.59. The van der Waals surface area contributed by atoms with Crippen LogP contribution in [0, 0.1) is 5.92 Å². The minimum absolute atomic E-state index is 0.291. The molecule has 0 bridgehead atoms. The van der Waals surface area contributed by atoms with Gasteiger partial charge in [0.15, 0.2) is 0 Å². The minimum Gasteiger partial charge on any atom is -0.516 e. The Balaban J connectivity index is 0. The van der Waals surface area contributed by atoms with Crippen molar-refractivity contribution in [1.82, 2.24) is 4.90 Å². The number of aliphatic hydroxyl groups is 2. The molecule has 0 fully saturated rings. The third-order valence-electron chi connectivity index (χ3n) is 10.4. The smallest absolute Gasteiger partial charge is 0.0888 e. The Hall–Kier alpha value is -1.00. The van der Waals surface area contributed by atoms with Gasteiger partial charge in [-0.3, -0.25) is 0 Å². The number of aliphatic hydroxyl groups excluding tert-OH is 2. The van der Waals surface area contributed by atoms with Crippen LogP contribution in [0.15, 0.2) is 25.2 Å². The molecule has 2 N–H and O–H groups in total. The maximum Gasteiger partial charge on any atom is 0.0888 e. The monoisotopic (exact) mass is 708 g/mol. The van der Waals surface area contributed by atoms with Crippen molar-refractivity contribution in [3.63, 3.8) is 0 Å². The average molecular weight is 708 g/mol. The van der Waals surface area contributed by atoms with Gasteiger partial charge < -0.3 is 19.8 Å². The lowest BCUT2D eigenvalue weighted by Crippen LogP contribution is -2.29. The van der Waals surface area contributed by atoms with Crippen molar-refractivity contribution < 1.29 is 14.9 Å². The lowest BCUT2D eigenvalue weighted by Gasteiger charge is -2.21. The van der Waals surface area contributed by atoms with E-state index in [-0.39, 0.29) is 0 Å². The van der Waals surface area contributed by atoms with Gasteiger partial charge in [0.2, 0.25) is 0 Å². The molecule has 4 nitrogen and oxygen atoms in total. The number of unbranched alkanes of at least 4 members (excludes halogenated alkanes) is 24. The minimum atomic E-state index is 0.291. The molecule has 4 heteroatoms. The summed E-state index contributed by atoms with van der Waals surface area (Å²) in [6.07, 6.45) is 46.0. The molecule has 0 aliphatic carbocycles. The molecular weight excluding hydrogens is 615 g/mol. The van der Waals surface area contributed by atoms with Crippen LogP contribution in [0.25, 0.3) is 0 Å². The van der Waals surface area contributed by atoms with Gasteiger partial charge in [-0.25, -0.2) is 0 Å². The van der Waals surface area contributed by atoms with E-state index < -0.39 is 0 Å². The summed E-state index contributed by atoms with van der Waals surface area (Å²) in [5, 5.41) is 16.9. The molecule has 0 aromatic rings. The second-order valence-electron chi connectivity index (χ2n) is 15.3. The molecular formula is C46H93NO3. The van der Waals surface area contributed by atoms with E-state index in [9.17, 15) is 5.11 Å². The first kappa shape index (κ1) is 51.1. The molecule has 0 amide bonds. The number of rotatable bonds is 41. The van der Waals surface area contributed by atoms with E-state index in [2.05, 4.69) is 38.8 Å². The number of hydrogen-bond donors (Lipinski definition) is 2. The van der Waals surface area contributed by atoms with Gasteiger partial charge in [0.1, 0.15) is 0 Å². The van der Waals surface area contributed by atoms with Crippen LogP contribution >= 0.6 is 0 Å². The molecule has 0 radical (unpaired) electrons. The average Bonchev–Trinajstić information content (AvgIpc) is 3.11. The Morgan fingerprint density at radius 2 is 0.860 bits per heavy atom. The van der Waals surface area contributed by atoms with Gasteiger partial charge in [0.05, 0.1) is 25.2 Å². The Morgan fingerprint density at radius 1 is 0.520 bits per heavy atom. The fourth-order valence-corrected chi connectivity index (χ4v) is 7.17. The summed E-state index contributed by atoms with van der Waals surface area (Å²) in [5.41, 5.74) is 0.